The molecule has 1 fully saturated rings. The fourth-order valence-corrected chi connectivity index (χ4v) is 4.18. The third-order valence-electron chi connectivity index (χ3n) is 3.55. The minimum atomic E-state index is -3.05. The number of benzene rings is 1. The number of halogens is 2. The van der Waals surface area contributed by atoms with Gasteiger partial charge in [0.15, 0.2) is 9.84 Å². The van der Waals surface area contributed by atoms with Gasteiger partial charge in [0.1, 0.15) is 6.04 Å². The van der Waals surface area contributed by atoms with Gasteiger partial charge in [-0.1, -0.05) is 27.5 Å². The second-order valence-corrected chi connectivity index (χ2v) is 8.92. The van der Waals surface area contributed by atoms with Gasteiger partial charge in [0.25, 0.3) is 5.91 Å². The van der Waals surface area contributed by atoms with E-state index in [0.29, 0.717) is 0 Å². The molecule has 23 heavy (non-hydrogen) atoms. The van der Waals surface area contributed by atoms with Crippen LogP contribution < -0.4 is 5.32 Å². The Morgan fingerprint density at radius 1 is 1.30 bits per heavy atom. The minimum absolute atomic E-state index is 0.0437. The van der Waals surface area contributed by atoms with Crippen LogP contribution in [-0.4, -0.2) is 55.8 Å². The Hall–Kier alpha value is -1.12. The van der Waals surface area contributed by atoms with E-state index in [0.717, 1.165) is 4.47 Å². The highest BCUT2D eigenvalue weighted by Gasteiger charge is 2.28. The molecule has 2 amide bonds. The summed E-state index contributed by atoms with van der Waals surface area (Å²) in [5, 5.41) is 2.87. The summed E-state index contributed by atoms with van der Waals surface area (Å²) in [6.45, 7) is 1.87. The molecule has 0 bridgehead atoms. The summed E-state index contributed by atoms with van der Waals surface area (Å²) < 4.78 is 23.5. The number of nitrogens with one attached hydrogen (secondary N) is 1. The summed E-state index contributed by atoms with van der Waals surface area (Å²) in [4.78, 5) is 25.9. The van der Waals surface area contributed by atoms with Crippen molar-refractivity contribution in [3.8, 4) is 0 Å². The number of carbonyl (C=O) groups excluding carboxylic acids is 2. The normalized spacial score (nSPS) is 18.3. The van der Waals surface area contributed by atoms with E-state index in [2.05, 4.69) is 21.2 Å². The predicted octanol–water partition coefficient (Wildman–Crippen LogP) is 1.48. The van der Waals surface area contributed by atoms with Crippen LogP contribution in [0.2, 0.25) is 5.02 Å². The number of carbonyl (C=O) groups is 2. The van der Waals surface area contributed by atoms with E-state index in [9.17, 15) is 18.0 Å². The van der Waals surface area contributed by atoms with Gasteiger partial charge in [-0.25, -0.2) is 8.42 Å². The lowest BCUT2D eigenvalue weighted by atomic mass is 10.2. The number of sulfone groups is 1. The monoisotopic (exact) mass is 422 g/mol. The van der Waals surface area contributed by atoms with Crippen molar-refractivity contribution < 1.29 is 18.0 Å². The van der Waals surface area contributed by atoms with Crippen molar-refractivity contribution >= 4 is 49.2 Å². The van der Waals surface area contributed by atoms with Gasteiger partial charge in [0, 0.05) is 17.6 Å². The summed E-state index contributed by atoms with van der Waals surface area (Å²) in [6.07, 6.45) is 0. The fourth-order valence-electron chi connectivity index (χ4n) is 2.22. The summed E-state index contributed by atoms with van der Waals surface area (Å²) in [5.41, 5.74) is 0.274. The van der Waals surface area contributed by atoms with Gasteiger partial charge in [-0.3, -0.25) is 9.59 Å². The van der Waals surface area contributed by atoms with Gasteiger partial charge in [-0.15, -0.1) is 0 Å². The molecule has 0 spiro atoms. The maximum atomic E-state index is 12.3. The van der Waals surface area contributed by atoms with E-state index in [4.69, 9.17) is 11.6 Å². The van der Waals surface area contributed by atoms with E-state index in [-0.39, 0.29) is 41.1 Å². The molecule has 1 aliphatic heterocycles. The highest BCUT2D eigenvalue weighted by molar-refractivity contribution is 9.10. The van der Waals surface area contributed by atoms with Crippen molar-refractivity contribution in [1.82, 2.24) is 10.2 Å². The molecule has 0 aromatic heterocycles. The van der Waals surface area contributed by atoms with Crippen LogP contribution in [0.3, 0.4) is 0 Å². The van der Waals surface area contributed by atoms with Gasteiger partial charge in [0.05, 0.1) is 22.1 Å². The predicted molar refractivity (Wildman–Crippen MR) is 91.3 cm³/mol. The van der Waals surface area contributed by atoms with Crippen LogP contribution in [0, 0.1) is 0 Å². The standard InChI is InChI=1S/C14H16BrClN2O4S/c1-9(14(20)18-4-6-23(21,22)7-5-18)17-13(19)11-3-2-10(15)8-12(11)16/h2-3,8-9H,4-7H2,1H3,(H,17,19). The largest absolute Gasteiger partial charge is 0.340 e. The summed E-state index contributed by atoms with van der Waals surface area (Å²) in [5.74, 6) is -0.843. The van der Waals surface area contributed by atoms with Crippen molar-refractivity contribution in [3.05, 3.63) is 33.3 Å². The Labute approximate surface area is 148 Å². The molecule has 1 saturated heterocycles. The fraction of sp³-hybridized carbons (Fsp3) is 0.429. The highest BCUT2D eigenvalue weighted by Crippen LogP contribution is 2.21. The molecule has 2 rings (SSSR count). The van der Waals surface area contributed by atoms with Crippen LogP contribution in [-0.2, 0) is 14.6 Å². The van der Waals surface area contributed by atoms with Crippen molar-refractivity contribution in [2.24, 2.45) is 0 Å². The molecule has 1 heterocycles. The lowest BCUT2D eigenvalue weighted by Gasteiger charge is -2.29. The molecule has 1 aromatic rings. The van der Waals surface area contributed by atoms with Crippen LogP contribution in [0.5, 0.6) is 0 Å². The van der Waals surface area contributed by atoms with E-state index >= 15 is 0 Å². The maximum Gasteiger partial charge on any atom is 0.253 e. The van der Waals surface area contributed by atoms with Crippen molar-refractivity contribution in [1.29, 1.82) is 0 Å². The topological polar surface area (TPSA) is 83.6 Å². The van der Waals surface area contributed by atoms with Crippen LogP contribution in [0.1, 0.15) is 17.3 Å². The van der Waals surface area contributed by atoms with Crippen molar-refractivity contribution in [3.63, 3.8) is 0 Å². The van der Waals surface area contributed by atoms with Crippen LogP contribution >= 0.6 is 27.5 Å². The second-order valence-electron chi connectivity index (χ2n) is 5.30. The second kappa shape index (κ2) is 7.19. The minimum Gasteiger partial charge on any atom is -0.340 e. The van der Waals surface area contributed by atoms with E-state index in [1.165, 1.54) is 4.90 Å². The molecule has 1 atom stereocenters. The Kier molecular flexibility index (Phi) is 5.70. The highest BCUT2D eigenvalue weighted by atomic mass is 79.9. The van der Waals surface area contributed by atoms with Gasteiger partial charge in [-0.05, 0) is 25.1 Å². The lowest BCUT2D eigenvalue weighted by Crippen LogP contribution is -2.51. The summed E-state index contributed by atoms with van der Waals surface area (Å²) >= 11 is 9.27. The smallest absolute Gasteiger partial charge is 0.253 e. The molecular weight excluding hydrogens is 408 g/mol. The van der Waals surface area contributed by atoms with Crippen LogP contribution in [0.15, 0.2) is 22.7 Å². The zero-order valence-corrected chi connectivity index (χ0v) is 15.5. The molecule has 0 saturated carbocycles. The quantitative estimate of drug-likeness (QED) is 0.798. The summed E-state index contributed by atoms with van der Waals surface area (Å²) in [7, 11) is -3.05. The molecule has 1 aromatic carbocycles. The lowest BCUT2D eigenvalue weighted by molar-refractivity contribution is -0.132. The molecule has 0 aliphatic carbocycles. The Morgan fingerprint density at radius 3 is 2.48 bits per heavy atom. The molecule has 1 unspecified atom stereocenters. The molecule has 1 aliphatic rings. The maximum absolute atomic E-state index is 12.3. The van der Waals surface area contributed by atoms with E-state index in [1.807, 2.05) is 0 Å². The van der Waals surface area contributed by atoms with Gasteiger partial charge < -0.3 is 10.2 Å². The van der Waals surface area contributed by atoms with Crippen molar-refractivity contribution in [2.45, 2.75) is 13.0 Å². The van der Waals surface area contributed by atoms with E-state index in [1.54, 1.807) is 25.1 Å². The zero-order chi connectivity index (χ0) is 17.2. The third-order valence-corrected chi connectivity index (χ3v) is 5.97. The number of hydrogen-bond donors (Lipinski definition) is 1. The first kappa shape index (κ1) is 18.2. The number of amides is 2. The first-order valence-corrected chi connectivity index (χ1v) is 9.94. The van der Waals surface area contributed by atoms with Crippen LogP contribution in [0.25, 0.3) is 0 Å². The number of nitrogens with zero attached hydrogens (tertiary/aromatic N) is 1. The molecule has 9 heteroatoms. The van der Waals surface area contributed by atoms with Crippen molar-refractivity contribution in [2.75, 3.05) is 24.6 Å². The average Bonchev–Trinajstić information content (AvgIpc) is 2.46. The molecular formula is C14H16BrClN2O4S. The third kappa shape index (κ3) is 4.68. The van der Waals surface area contributed by atoms with E-state index < -0.39 is 21.8 Å². The Morgan fingerprint density at radius 2 is 1.91 bits per heavy atom. The first-order valence-electron chi connectivity index (χ1n) is 6.95. The van der Waals surface area contributed by atoms with Gasteiger partial charge in [0.2, 0.25) is 5.91 Å². The number of hydrogen-bond acceptors (Lipinski definition) is 4. The molecule has 0 radical (unpaired) electrons. The molecule has 126 valence electrons. The molecule has 1 N–H and O–H groups in total. The zero-order valence-electron chi connectivity index (χ0n) is 12.4. The summed E-state index contributed by atoms with van der Waals surface area (Å²) in [6, 6.07) is 4.08. The first-order chi connectivity index (χ1) is 10.7. The average molecular weight is 424 g/mol. The van der Waals surface area contributed by atoms with Gasteiger partial charge >= 0.3 is 0 Å². The van der Waals surface area contributed by atoms with Crippen LogP contribution in [0.4, 0.5) is 0 Å². The number of rotatable bonds is 3. The SMILES string of the molecule is CC(NC(=O)c1ccc(Br)cc1Cl)C(=O)N1CCS(=O)(=O)CC1. The Balaban J connectivity index is 1.99. The van der Waals surface area contributed by atoms with Gasteiger partial charge in [-0.2, -0.15) is 0 Å². The Bertz CT molecular complexity index is 724. The molecule has 6 nitrogen and oxygen atoms in total.